The summed E-state index contributed by atoms with van der Waals surface area (Å²) in [4.78, 5) is 12.3. The third-order valence-corrected chi connectivity index (χ3v) is 4.59. The Morgan fingerprint density at radius 3 is 2.74 bits per heavy atom. The summed E-state index contributed by atoms with van der Waals surface area (Å²) in [5.74, 6) is 1.41. The molecule has 2 N–H and O–H groups in total. The zero-order valence-electron chi connectivity index (χ0n) is 15.1. The van der Waals surface area contributed by atoms with E-state index in [-0.39, 0.29) is 19.1 Å². The van der Waals surface area contributed by atoms with Crippen molar-refractivity contribution in [3.8, 4) is 17.1 Å². The molecule has 3 aromatic rings. The summed E-state index contributed by atoms with van der Waals surface area (Å²) < 4.78 is 11.1. The lowest BCUT2D eigenvalue weighted by atomic mass is 10.1. The Morgan fingerprint density at radius 2 is 2.00 bits per heavy atom. The highest BCUT2D eigenvalue weighted by molar-refractivity contribution is 6.33. The van der Waals surface area contributed by atoms with Crippen LogP contribution in [0, 0.1) is 13.8 Å². The minimum Gasteiger partial charge on any atom is -0.483 e. The van der Waals surface area contributed by atoms with Crippen molar-refractivity contribution in [2.45, 2.75) is 20.5 Å². The zero-order chi connectivity index (χ0) is 19.4. The highest BCUT2D eigenvalue weighted by atomic mass is 35.5. The van der Waals surface area contributed by atoms with E-state index in [1.807, 2.05) is 32.0 Å². The normalized spacial score (nSPS) is 10.7. The Labute approximate surface area is 162 Å². The summed E-state index contributed by atoms with van der Waals surface area (Å²) in [6, 6.07) is 14.3. The van der Waals surface area contributed by atoms with Gasteiger partial charge in [0.25, 0.3) is 5.91 Å². The monoisotopic (exact) mass is 385 g/mol. The Bertz CT molecular complexity index is 965. The van der Waals surface area contributed by atoms with Gasteiger partial charge >= 0.3 is 0 Å². The van der Waals surface area contributed by atoms with Gasteiger partial charge in [-0.1, -0.05) is 23.7 Å². The molecule has 6 heteroatoms. The van der Waals surface area contributed by atoms with Crippen LogP contribution in [0.5, 0.6) is 5.75 Å². The summed E-state index contributed by atoms with van der Waals surface area (Å²) in [5, 5.41) is 12.3. The molecule has 1 heterocycles. The van der Waals surface area contributed by atoms with Crippen LogP contribution in [-0.4, -0.2) is 17.6 Å². The van der Waals surface area contributed by atoms with Crippen LogP contribution in [0.25, 0.3) is 11.3 Å². The number of benzene rings is 2. The van der Waals surface area contributed by atoms with E-state index in [4.69, 9.17) is 25.9 Å². The van der Waals surface area contributed by atoms with Crippen LogP contribution in [0.3, 0.4) is 0 Å². The number of aliphatic hydroxyl groups is 1. The van der Waals surface area contributed by atoms with Gasteiger partial charge in [-0.25, -0.2) is 0 Å². The van der Waals surface area contributed by atoms with Gasteiger partial charge < -0.3 is 19.6 Å². The van der Waals surface area contributed by atoms with Gasteiger partial charge in [-0.05, 0) is 61.4 Å². The molecule has 0 aliphatic rings. The molecule has 0 atom stereocenters. The van der Waals surface area contributed by atoms with Crippen LogP contribution < -0.4 is 10.1 Å². The summed E-state index contributed by atoms with van der Waals surface area (Å²) in [7, 11) is 0. The van der Waals surface area contributed by atoms with E-state index < -0.39 is 0 Å². The molecule has 0 saturated carbocycles. The lowest BCUT2D eigenvalue weighted by Crippen LogP contribution is -2.20. The number of rotatable bonds is 6. The molecule has 0 spiro atoms. The average Bonchev–Trinajstić information content (AvgIpc) is 3.14. The lowest BCUT2D eigenvalue weighted by molar-refractivity contribution is -0.118. The third kappa shape index (κ3) is 4.51. The second-order valence-corrected chi connectivity index (χ2v) is 6.56. The van der Waals surface area contributed by atoms with Crippen molar-refractivity contribution in [3.05, 3.63) is 70.4 Å². The summed E-state index contributed by atoms with van der Waals surface area (Å²) >= 11 is 6.20. The first-order valence-corrected chi connectivity index (χ1v) is 8.84. The van der Waals surface area contributed by atoms with Crippen molar-refractivity contribution in [1.82, 2.24) is 0 Å². The smallest absolute Gasteiger partial charge is 0.262 e. The average molecular weight is 386 g/mol. The molecule has 0 aliphatic heterocycles. The van der Waals surface area contributed by atoms with Crippen molar-refractivity contribution in [1.29, 1.82) is 0 Å². The van der Waals surface area contributed by atoms with E-state index in [1.165, 1.54) is 0 Å². The quantitative estimate of drug-likeness (QED) is 0.643. The van der Waals surface area contributed by atoms with E-state index in [1.54, 1.807) is 30.3 Å². The van der Waals surface area contributed by atoms with Crippen LogP contribution in [0.15, 0.2) is 52.9 Å². The summed E-state index contributed by atoms with van der Waals surface area (Å²) in [6.45, 7) is 3.64. The largest absolute Gasteiger partial charge is 0.483 e. The number of aryl methyl sites for hydroxylation is 1. The van der Waals surface area contributed by atoms with Crippen LogP contribution in [0.4, 0.5) is 5.69 Å². The number of carbonyl (C=O) groups is 1. The molecular formula is C21H20ClNO4. The molecule has 140 valence electrons. The molecule has 0 unspecified atom stereocenters. The van der Waals surface area contributed by atoms with Crippen LogP contribution >= 0.6 is 11.6 Å². The van der Waals surface area contributed by atoms with Crippen molar-refractivity contribution in [3.63, 3.8) is 0 Å². The van der Waals surface area contributed by atoms with Gasteiger partial charge in [-0.2, -0.15) is 0 Å². The summed E-state index contributed by atoms with van der Waals surface area (Å²) in [6.07, 6.45) is 0. The molecule has 0 radical (unpaired) electrons. The van der Waals surface area contributed by atoms with Gasteiger partial charge in [0.05, 0.1) is 10.7 Å². The number of carbonyl (C=O) groups excluding carboxylic acids is 1. The molecular weight excluding hydrogens is 366 g/mol. The van der Waals surface area contributed by atoms with E-state index in [0.717, 1.165) is 16.7 Å². The first kappa shape index (κ1) is 19.0. The van der Waals surface area contributed by atoms with Crippen molar-refractivity contribution in [2.75, 3.05) is 11.9 Å². The predicted molar refractivity (Wildman–Crippen MR) is 105 cm³/mol. The minimum atomic E-state index is -0.314. The maximum Gasteiger partial charge on any atom is 0.262 e. The number of aliphatic hydroxyl groups excluding tert-OH is 1. The van der Waals surface area contributed by atoms with Gasteiger partial charge in [0.2, 0.25) is 0 Å². The Hall–Kier alpha value is -2.76. The SMILES string of the molecule is Cc1cccc(OCC(=O)Nc2cc(-c3ccc(CO)o3)ccc2Cl)c1C. The predicted octanol–water partition coefficient (Wildman–Crippen LogP) is 4.73. The molecule has 0 bridgehead atoms. The first-order valence-electron chi connectivity index (χ1n) is 8.46. The fraction of sp³-hybridized carbons (Fsp3) is 0.190. The fourth-order valence-corrected chi connectivity index (χ4v) is 2.77. The standard InChI is InChI=1S/C21H20ClNO4/c1-13-4-3-5-19(14(13)2)26-12-21(25)23-18-10-15(6-8-17(18)22)20-9-7-16(11-24)27-20/h3-10,24H,11-12H2,1-2H3,(H,23,25). The van der Waals surface area contributed by atoms with Gasteiger partial charge in [0.15, 0.2) is 6.61 Å². The molecule has 1 aromatic heterocycles. The van der Waals surface area contributed by atoms with E-state index >= 15 is 0 Å². The Morgan fingerprint density at radius 1 is 1.19 bits per heavy atom. The molecule has 2 aromatic carbocycles. The van der Waals surface area contributed by atoms with E-state index in [2.05, 4.69) is 5.32 Å². The zero-order valence-corrected chi connectivity index (χ0v) is 15.8. The maximum atomic E-state index is 12.3. The molecule has 3 rings (SSSR count). The summed E-state index contributed by atoms with van der Waals surface area (Å²) in [5.41, 5.74) is 3.31. The number of ether oxygens (including phenoxy) is 1. The number of anilines is 1. The molecule has 5 nitrogen and oxygen atoms in total. The fourth-order valence-electron chi connectivity index (χ4n) is 2.60. The molecule has 0 aliphatic carbocycles. The Kier molecular flexibility index (Phi) is 5.84. The van der Waals surface area contributed by atoms with Crippen molar-refractivity contribution in [2.24, 2.45) is 0 Å². The van der Waals surface area contributed by atoms with Crippen molar-refractivity contribution < 1.29 is 19.1 Å². The van der Waals surface area contributed by atoms with Gasteiger partial charge in [-0.15, -0.1) is 0 Å². The van der Waals surface area contributed by atoms with Gasteiger partial charge in [-0.3, -0.25) is 4.79 Å². The number of amides is 1. The van der Waals surface area contributed by atoms with Crippen molar-refractivity contribution >= 4 is 23.2 Å². The van der Waals surface area contributed by atoms with Crippen LogP contribution in [-0.2, 0) is 11.4 Å². The number of halogens is 1. The van der Waals surface area contributed by atoms with E-state index in [0.29, 0.717) is 28.0 Å². The first-order chi connectivity index (χ1) is 13.0. The topological polar surface area (TPSA) is 71.7 Å². The molecule has 27 heavy (non-hydrogen) atoms. The van der Waals surface area contributed by atoms with Crippen LogP contribution in [0.2, 0.25) is 5.02 Å². The van der Waals surface area contributed by atoms with Gasteiger partial charge in [0, 0.05) is 5.56 Å². The number of furan rings is 1. The number of nitrogens with one attached hydrogen (secondary N) is 1. The second-order valence-electron chi connectivity index (χ2n) is 6.15. The molecule has 1 amide bonds. The molecule has 0 saturated heterocycles. The van der Waals surface area contributed by atoms with Gasteiger partial charge in [0.1, 0.15) is 23.9 Å². The maximum absolute atomic E-state index is 12.3. The highest BCUT2D eigenvalue weighted by Crippen LogP contribution is 2.30. The van der Waals surface area contributed by atoms with Crippen LogP contribution in [0.1, 0.15) is 16.9 Å². The Balaban J connectivity index is 1.70. The molecule has 0 fully saturated rings. The number of hydrogen-bond acceptors (Lipinski definition) is 4. The third-order valence-electron chi connectivity index (χ3n) is 4.26. The highest BCUT2D eigenvalue weighted by Gasteiger charge is 2.11. The van der Waals surface area contributed by atoms with E-state index in [9.17, 15) is 4.79 Å². The second kappa shape index (κ2) is 8.29. The number of hydrogen-bond donors (Lipinski definition) is 2. The minimum absolute atomic E-state index is 0.125. The lowest BCUT2D eigenvalue weighted by Gasteiger charge is -2.12.